The van der Waals surface area contributed by atoms with Gasteiger partial charge in [-0.3, -0.25) is 0 Å². The lowest BCUT2D eigenvalue weighted by Crippen LogP contribution is -2.04. The van der Waals surface area contributed by atoms with E-state index in [0.717, 1.165) is 41.3 Å². The standard InChI is InChI=1S/C15H18BrN3O/c1-3-7-13-18-14(17-4-2)10-15(19-13)20-12-9-6-5-8-11(12)16/h5-6,8-10H,3-4,7H2,1-2H3,(H,17,18,19). The Labute approximate surface area is 127 Å². The molecular formula is C15H18BrN3O. The van der Waals surface area contributed by atoms with Gasteiger partial charge >= 0.3 is 0 Å². The van der Waals surface area contributed by atoms with Gasteiger partial charge < -0.3 is 10.1 Å². The fraction of sp³-hybridized carbons (Fsp3) is 0.333. The first-order valence-electron chi connectivity index (χ1n) is 6.77. The molecule has 1 N–H and O–H groups in total. The van der Waals surface area contributed by atoms with Gasteiger partial charge in [-0.15, -0.1) is 0 Å². The van der Waals surface area contributed by atoms with E-state index in [1.807, 2.05) is 37.3 Å². The van der Waals surface area contributed by atoms with E-state index in [4.69, 9.17) is 4.74 Å². The molecule has 0 fully saturated rings. The largest absolute Gasteiger partial charge is 0.438 e. The topological polar surface area (TPSA) is 47.0 Å². The van der Waals surface area contributed by atoms with Crippen molar-refractivity contribution in [2.24, 2.45) is 0 Å². The maximum Gasteiger partial charge on any atom is 0.224 e. The van der Waals surface area contributed by atoms with E-state index >= 15 is 0 Å². The molecule has 0 saturated heterocycles. The number of nitrogens with zero attached hydrogens (tertiary/aromatic N) is 2. The van der Waals surface area contributed by atoms with Crippen LogP contribution < -0.4 is 10.1 Å². The van der Waals surface area contributed by atoms with Gasteiger partial charge in [-0.2, -0.15) is 4.98 Å². The molecule has 0 saturated carbocycles. The summed E-state index contributed by atoms with van der Waals surface area (Å²) in [5.41, 5.74) is 0. The van der Waals surface area contributed by atoms with Crippen LogP contribution in [0.2, 0.25) is 0 Å². The summed E-state index contributed by atoms with van der Waals surface area (Å²) in [6.07, 6.45) is 1.84. The minimum atomic E-state index is 0.561. The molecule has 0 amide bonds. The molecule has 0 bridgehead atoms. The Morgan fingerprint density at radius 3 is 2.70 bits per heavy atom. The second-order valence-corrected chi connectivity index (χ2v) is 5.17. The first kappa shape index (κ1) is 14.8. The lowest BCUT2D eigenvalue weighted by molar-refractivity contribution is 0.456. The number of aromatic nitrogens is 2. The molecule has 20 heavy (non-hydrogen) atoms. The molecule has 0 spiro atoms. The third kappa shape index (κ3) is 3.93. The van der Waals surface area contributed by atoms with Gasteiger partial charge in [0.15, 0.2) is 0 Å². The van der Waals surface area contributed by atoms with Crippen LogP contribution in [0, 0.1) is 0 Å². The Morgan fingerprint density at radius 2 is 2.00 bits per heavy atom. The molecule has 106 valence electrons. The number of aryl methyl sites for hydroxylation is 1. The Kier molecular flexibility index (Phi) is 5.35. The zero-order chi connectivity index (χ0) is 14.4. The number of hydrogen-bond acceptors (Lipinski definition) is 4. The third-order valence-electron chi connectivity index (χ3n) is 2.63. The Morgan fingerprint density at radius 1 is 1.20 bits per heavy atom. The number of ether oxygens (including phenoxy) is 1. The van der Waals surface area contributed by atoms with Crippen LogP contribution in [-0.4, -0.2) is 16.5 Å². The summed E-state index contributed by atoms with van der Waals surface area (Å²) in [5, 5.41) is 3.20. The van der Waals surface area contributed by atoms with Gasteiger partial charge in [-0.25, -0.2) is 4.98 Å². The molecule has 0 atom stereocenters. The van der Waals surface area contributed by atoms with Crippen LogP contribution in [0.4, 0.5) is 5.82 Å². The summed E-state index contributed by atoms with van der Waals surface area (Å²) in [6, 6.07) is 9.54. The summed E-state index contributed by atoms with van der Waals surface area (Å²) in [6.45, 7) is 4.96. The molecule has 0 aliphatic heterocycles. The highest BCUT2D eigenvalue weighted by atomic mass is 79.9. The van der Waals surface area contributed by atoms with E-state index in [1.54, 1.807) is 0 Å². The zero-order valence-corrected chi connectivity index (χ0v) is 13.3. The van der Waals surface area contributed by atoms with E-state index in [0.29, 0.717) is 5.88 Å². The van der Waals surface area contributed by atoms with E-state index in [2.05, 4.69) is 38.1 Å². The molecule has 2 rings (SSSR count). The molecule has 0 aliphatic rings. The summed E-state index contributed by atoms with van der Waals surface area (Å²) >= 11 is 3.47. The first-order valence-corrected chi connectivity index (χ1v) is 7.56. The number of benzene rings is 1. The average molecular weight is 336 g/mol. The third-order valence-corrected chi connectivity index (χ3v) is 3.29. The monoisotopic (exact) mass is 335 g/mol. The Hall–Kier alpha value is -1.62. The predicted octanol–water partition coefficient (Wildman–Crippen LogP) is 4.42. The second-order valence-electron chi connectivity index (χ2n) is 4.32. The molecule has 1 aromatic carbocycles. The quantitative estimate of drug-likeness (QED) is 0.848. The molecule has 0 aliphatic carbocycles. The lowest BCUT2D eigenvalue weighted by atomic mass is 10.3. The highest BCUT2D eigenvalue weighted by Crippen LogP contribution is 2.29. The van der Waals surface area contributed by atoms with Gasteiger partial charge in [0.25, 0.3) is 0 Å². The highest BCUT2D eigenvalue weighted by Gasteiger charge is 2.07. The van der Waals surface area contributed by atoms with Crippen molar-refractivity contribution >= 4 is 21.7 Å². The van der Waals surface area contributed by atoms with Crippen LogP contribution in [0.15, 0.2) is 34.8 Å². The van der Waals surface area contributed by atoms with Crippen molar-refractivity contribution in [1.29, 1.82) is 0 Å². The van der Waals surface area contributed by atoms with Crippen molar-refractivity contribution in [2.45, 2.75) is 26.7 Å². The lowest BCUT2D eigenvalue weighted by Gasteiger charge is -2.10. The Bertz CT molecular complexity index is 551. The van der Waals surface area contributed by atoms with Crippen LogP contribution in [0.25, 0.3) is 0 Å². The van der Waals surface area contributed by atoms with Gasteiger partial charge in [0.2, 0.25) is 5.88 Å². The molecule has 0 radical (unpaired) electrons. The van der Waals surface area contributed by atoms with Gasteiger partial charge in [0.1, 0.15) is 17.4 Å². The van der Waals surface area contributed by atoms with Crippen LogP contribution in [-0.2, 0) is 6.42 Å². The van der Waals surface area contributed by atoms with Gasteiger partial charge in [0, 0.05) is 19.0 Å². The fourth-order valence-electron chi connectivity index (χ4n) is 1.77. The van der Waals surface area contributed by atoms with Crippen LogP contribution >= 0.6 is 15.9 Å². The van der Waals surface area contributed by atoms with Crippen LogP contribution in [0.5, 0.6) is 11.6 Å². The number of para-hydroxylation sites is 1. The summed E-state index contributed by atoms with van der Waals surface area (Å²) in [4.78, 5) is 8.91. The molecular weight excluding hydrogens is 318 g/mol. The van der Waals surface area contributed by atoms with Crippen molar-refractivity contribution in [3.63, 3.8) is 0 Å². The number of nitrogens with one attached hydrogen (secondary N) is 1. The summed E-state index contributed by atoms with van der Waals surface area (Å²) in [7, 11) is 0. The van der Waals surface area contributed by atoms with Crippen molar-refractivity contribution in [1.82, 2.24) is 9.97 Å². The molecule has 1 aromatic heterocycles. The van der Waals surface area contributed by atoms with Crippen LogP contribution in [0.1, 0.15) is 26.1 Å². The highest BCUT2D eigenvalue weighted by molar-refractivity contribution is 9.10. The molecule has 1 heterocycles. The minimum Gasteiger partial charge on any atom is -0.438 e. The van der Waals surface area contributed by atoms with Gasteiger partial charge in [-0.1, -0.05) is 19.1 Å². The second kappa shape index (κ2) is 7.24. The number of halogens is 1. The maximum absolute atomic E-state index is 5.85. The van der Waals surface area contributed by atoms with E-state index in [1.165, 1.54) is 0 Å². The first-order chi connectivity index (χ1) is 9.72. The van der Waals surface area contributed by atoms with Crippen molar-refractivity contribution in [3.05, 3.63) is 40.6 Å². The Balaban J connectivity index is 2.28. The maximum atomic E-state index is 5.85. The van der Waals surface area contributed by atoms with Gasteiger partial charge in [-0.05, 0) is 41.4 Å². The van der Waals surface area contributed by atoms with E-state index in [-0.39, 0.29) is 0 Å². The van der Waals surface area contributed by atoms with E-state index in [9.17, 15) is 0 Å². The number of hydrogen-bond donors (Lipinski definition) is 1. The van der Waals surface area contributed by atoms with Crippen molar-refractivity contribution in [3.8, 4) is 11.6 Å². The minimum absolute atomic E-state index is 0.561. The smallest absolute Gasteiger partial charge is 0.224 e. The molecule has 5 heteroatoms. The van der Waals surface area contributed by atoms with Crippen molar-refractivity contribution in [2.75, 3.05) is 11.9 Å². The molecule has 0 unspecified atom stereocenters. The average Bonchev–Trinajstić information content (AvgIpc) is 2.42. The van der Waals surface area contributed by atoms with Crippen LogP contribution in [0.3, 0.4) is 0 Å². The molecule has 2 aromatic rings. The SMILES string of the molecule is CCCc1nc(NCC)cc(Oc2ccccc2Br)n1. The van der Waals surface area contributed by atoms with Gasteiger partial charge in [0.05, 0.1) is 4.47 Å². The summed E-state index contributed by atoms with van der Waals surface area (Å²) in [5.74, 6) is 2.91. The van der Waals surface area contributed by atoms with Crippen molar-refractivity contribution < 1.29 is 4.74 Å². The van der Waals surface area contributed by atoms with E-state index < -0.39 is 0 Å². The predicted molar refractivity (Wildman–Crippen MR) is 84.4 cm³/mol. The summed E-state index contributed by atoms with van der Waals surface area (Å²) < 4.78 is 6.75. The fourth-order valence-corrected chi connectivity index (χ4v) is 2.14. The normalized spacial score (nSPS) is 10.3. The number of anilines is 1. The molecule has 4 nitrogen and oxygen atoms in total. The zero-order valence-electron chi connectivity index (χ0n) is 11.7. The number of rotatable bonds is 6.